The van der Waals surface area contributed by atoms with Crippen LogP contribution in [0.1, 0.15) is 26.2 Å². The number of sulfone groups is 1. The number of anilines is 1. The Morgan fingerprint density at radius 2 is 2.09 bits per heavy atom. The zero-order chi connectivity index (χ0) is 16.9. The molecule has 0 saturated heterocycles. The van der Waals surface area contributed by atoms with Crippen LogP contribution in [0.2, 0.25) is 0 Å². The van der Waals surface area contributed by atoms with E-state index in [2.05, 4.69) is 5.32 Å². The molecule has 9 heteroatoms. The molecule has 1 aromatic rings. The van der Waals surface area contributed by atoms with Gasteiger partial charge in [0.05, 0.1) is 15.5 Å². The molecule has 0 aliphatic carbocycles. The van der Waals surface area contributed by atoms with Crippen molar-refractivity contribution in [3.05, 3.63) is 28.3 Å². The van der Waals surface area contributed by atoms with Crippen molar-refractivity contribution >= 4 is 27.2 Å². The first-order chi connectivity index (χ1) is 10.2. The van der Waals surface area contributed by atoms with Gasteiger partial charge < -0.3 is 10.4 Å². The molecule has 8 nitrogen and oxygen atoms in total. The molecule has 0 saturated carbocycles. The summed E-state index contributed by atoms with van der Waals surface area (Å²) in [5.74, 6) is -1.11. The van der Waals surface area contributed by atoms with E-state index in [0.29, 0.717) is 12.8 Å². The predicted octanol–water partition coefficient (Wildman–Crippen LogP) is 2.05. The lowest BCUT2D eigenvalue weighted by molar-refractivity contribution is -0.385. The number of carbonyl (C=O) groups is 1. The SMILES string of the molecule is CCCC[C@H](Nc1ccc([N+](=O)[O-])cc1S(C)(=O)=O)C(=O)O. The maximum Gasteiger partial charge on any atom is 0.326 e. The van der Waals surface area contributed by atoms with Gasteiger partial charge in [-0.3, -0.25) is 10.1 Å². The molecule has 0 amide bonds. The number of nitrogens with one attached hydrogen (secondary N) is 1. The van der Waals surface area contributed by atoms with Crippen LogP contribution in [-0.4, -0.2) is 36.7 Å². The van der Waals surface area contributed by atoms with E-state index < -0.39 is 26.8 Å². The third kappa shape index (κ3) is 4.69. The Kier molecular flexibility index (Phi) is 5.86. The van der Waals surface area contributed by atoms with Gasteiger partial charge in [0.25, 0.3) is 5.69 Å². The van der Waals surface area contributed by atoms with Gasteiger partial charge in [0, 0.05) is 18.4 Å². The van der Waals surface area contributed by atoms with Crippen LogP contribution >= 0.6 is 0 Å². The number of nitrogens with zero attached hydrogens (tertiary/aromatic N) is 1. The Hall–Kier alpha value is -2.16. The number of unbranched alkanes of at least 4 members (excludes halogenated alkanes) is 1. The van der Waals surface area contributed by atoms with Crippen LogP contribution in [0, 0.1) is 10.1 Å². The first-order valence-corrected chi connectivity index (χ1v) is 8.53. The standard InChI is InChI=1S/C13H18N2O6S/c1-3-4-5-11(13(16)17)14-10-7-6-9(15(18)19)8-12(10)22(2,20)21/h6-8,11,14H,3-5H2,1-2H3,(H,16,17)/t11-/m0/s1. The van der Waals surface area contributed by atoms with Crippen LogP contribution in [0.15, 0.2) is 23.1 Å². The Bertz CT molecular complexity index is 671. The zero-order valence-corrected chi connectivity index (χ0v) is 13.1. The summed E-state index contributed by atoms with van der Waals surface area (Å²) in [4.78, 5) is 21.0. The lowest BCUT2D eigenvalue weighted by atomic mass is 10.1. The van der Waals surface area contributed by atoms with Crippen molar-refractivity contribution in [2.24, 2.45) is 0 Å². The molecule has 0 aliphatic rings. The number of carboxylic acid groups (broad SMARTS) is 1. The number of nitro groups is 1. The molecule has 1 rings (SSSR count). The van der Waals surface area contributed by atoms with Crippen LogP contribution in [0.25, 0.3) is 0 Å². The third-order valence-corrected chi connectivity index (χ3v) is 4.19. The van der Waals surface area contributed by atoms with Gasteiger partial charge in [-0.05, 0) is 12.5 Å². The number of nitro benzene ring substituents is 1. The molecular weight excluding hydrogens is 312 g/mol. The predicted molar refractivity (Wildman–Crippen MR) is 80.8 cm³/mol. The van der Waals surface area contributed by atoms with Crippen molar-refractivity contribution in [2.45, 2.75) is 37.1 Å². The van der Waals surface area contributed by atoms with Crippen molar-refractivity contribution in [3.63, 3.8) is 0 Å². The highest BCUT2D eigenvalue weighted by atomic mass is 32.2. The quantitative estimate of drug-likeness (QED) is 0.551. The Morgan fingerprint density at radius 3 is 2.55 bits per heavy atom. The summed E-state index contributed by atoms with van der Waals surface area (Å²) in [6.07, 6.45) is 2.70. The summed E-state index contributed by atoms with van der Waals surface area (Å²) >= 11 is 0. The van der Waals surface area contributed by atoms with Crippen molar-refractivity contribution in [2.75, 3.05) is 11.6 Å². The minimum atomic E-state index is -3.74. The van der Waals surface area contributed by atoms with Crippen molar-refractivity contribution in [1.82, 2.24) is 0 Å². The van der Waals surface area contributed by atoms with Gasteiger partial charge >= 0.3 is 5.97 Å². The van der Waals surface area contributed by atoms with E-state index in [1.54, 1.807) is 0 Å². The van der Waals surface area contributed by atoms with E-state index in [4.69, 9.17) is 0 Å². The normalized spacial score (nSPS) is 12.6. The lowest BCUT2D eigenvalue weighted by Gasteiger charge is -2.17. The van der Waals surface area contributed by atoms with Gasteiger partial charge in [0.1, 0.15) is 6.04 Å². The van der Waals surface area contributed by atoms with Crippen LogP contribution in [0.4, 0.5) is 11.4 Å². The van der Waals surface area contributed by atoms with E-state index >= 15 is 0 Å². The van der Waals surface area contributed by atoms with E-state index in [9.17, 15) is 28.4 Å². The van der Waals surface area contributed by atoms with Crippen molar-refractivity contribution in [3.8, 4) is 0 Å². The van der Waals surface area contributed by atoms with Gasteiger partial charge in [-0.2, -0.15) is 0 Å². The van der Waals surface area contributed by atoms with E-state index in [0.717, 1.165) is 24.8 Å². The first kappa shape index (κ1) is 17.9. The minimum absolute atomic E-state index is 0.0524. The molecule has 0 spiro atoms. The highest BCUT2D eigenvalue weighted by molar-refractivity contribution is 7.90. The van der Waals surface area contributed by atoms with Gasteiger partial charge in [-0.15, -0.1) is 0 Å². The third-order valence-electron chi connectivity index (χ3n) is 3.05. The summed E-state index contributed by atoms with van der Waals surface area (Å²) in [5, 5.41) is 22.6. The molecular formula is C13H18N2O6S. The number of carboxylic acids is 1. The van der Waals surface area contributed by atoms with Crippen molar-refractivity contribution < 1.29 is 23.2 Å². The highest BCUT2D eigenvalue weighted by Gasteiger charge is 2.23. The van der Waals surface area contributed by atoms with Crippen LogP contribution in [-0.2, 0) is 14.6 Å². The average molecular weight is 330 g/mol. The maximum absolute atomic E-state index is 11.8. The number of hydrogen-bond donors (Lipinski definition) is 2. The molecule has 0 heterocycles. The monoisotopic (exact) mass is 330 g/mol. The zero-order valence-electron chi connectivity index (χ0n) is 12.3. The molecule has 0 fully saturated rings. The van der Waals surface area contributed by atoms with Gasteiger partial charge in [-0.1, -0.05) is 19.8 Å². The summed E-state index contributed by atoms with van der Waals surface area (Å²) < 4.78 is 23.6. The van der Waals surface area contributed by atoms with E-state index in [-0.39, 0.29) is 16.3 Å². The molecule has 0 radical (unpaired) electrons. The molecule has 0 unspecified atom stereocenters. The summed E-state index contributed by atoms with van der Waals surface area (Å²) in [5.41, 5.74) is -0.317. The van der Waals surface area contributed by atoms with Crippen molar-refractivity contribution in [1.29, 1.82) is 0 Å². The molecule has 122 valence electrons. The second-order valence-electron chi connectivity index (χ2n) is 4.89. The number of aliphatic carboxylic acids is 1. The number of non-ortho nitro benzene ring substituents is 1. The fourth-order valence-corrected chi connectivity index (χ4v) is 2.77. The molecule has 2 N–H and O–H groups in total. The fourth-order valence-electron chi connectivity index (χ4n) is 1.90. The lowest BCUT2D eigenvalue weighted by Crippen LogP contribution is -2.29. The summed E-state index contributed by atoms with van der Waals surface area (Å²) in [7, 11) is -3.74. The molecule has 1 aromatic carbocycles. The van der Waals surface area contributed by atoms with E-state index in [1.807, 2.05) is 6.92 Å². The number of hydrogen-bond acceptors (Lipinski definition) is 6. The first-order valence-electron chi connectivity index (χ1n) is 6.64. The van der Waals surface area contributed by atoms with E-state index in [1.165, 1.54) is 6.07 Å². The molecule has 1 atom stereocenters. The fraction of sp³-hybridized carbons (Fsp3) is 0.462. The smallest absolute Gasteiger partial charge is 0.326 e. The van der Waals surface area contributed by atoms with Gasteiger partial charge in [0.2, 0.25) is 0 Å². The Morgan fingerprint density at radius 1 is 1.45 bits per heavy atom. The molecule has 0 aliphatic heterocycles. The maximum atomic E-state index is 11.8. The molecule has 22 heavy (non-hydrogen) atoms. The largest absolute Gasteiger partial charge is 0.480 e. The summed E-state index contributed by atoms with van der Waals surface area (Å²) in [6.45, 7) is 1.91. The van der Waals surface area contributed by atoms with Gasteiger partial charge in [-0.25, -0.2) is 13.2 Å². The average Bonchev–Trinajstić information content (AvgIpc) is 2.41. The van der Waals surface area contributed by atoms with Crippen LogP contribution in [0.5, 0.6) is 0 Å². The topological polar surface area (TPSA) is 127 Å². The molecule has 0 bridgehead atoms. The Balaban J connectivity index is 3.22. The number of benzene rings is 1. The van der Waals surface area contributed by atoms with Crippen LogP contribution < -0.4 is 5.32 Å². The highest BCUT2D eigenvalue weighted by Crippen LogP contribution is 2.27. The number of rotatable bonds is 8. The summed E-state index contributed by atoms with van der Waals surface area (Å²) in [6, 6.07) is 2.32. The minimum Gasteiger partial charge on any atom is -0.480 e. The second-order valence-corrected chi connectivity index (χ2v) is 6.87. The molecule has 0 aromatic heterocycles. The van der Waals surface area contributed by atoms with Gasteiger partial charge in [0.15, 0.2) is 9.84 Å². The van der Waals surface area contributed by atoms with Crippen LogP contribution in [0.3, 0.4) is 0 Å². The second kappa shape index (κ2) is 7.21. The Labute approximate surface area is 128 Å².